The lowest BCUT2D eigenvalue weighted by atomic mass is 10.1. The fourth-order valence-corrected chi connectivity index (χ4v) is 3.45. The molecule has 0 radical (unpaired) electrons. The maximum absolute atomic E-state index is 11.2. The summed E-state index contributed by atoms with van der Waals surface area (Å²) >= 11 is 5.90. The highest BCUT2D eigenvalue weighted by molar-refractivity contribution is 6.33. The molecule has 6 heteroatoms. The number of halogens is 1. The van der Waals surface area contributed by atoms with E-state index in [9.17, 15) is 9.90 Å². The van der Waals surface area contributed by atoms with Crippen molar-refractivity contribution in [1.29, 1.82) is 0 Å². The molecule has 5 nitrogen and oxygen atoms in total. The van der Waals surface area contributed by atoms with Crippen LogP contribution in [0.25, 0.3) is 0 Å². The quantitative estimate of drug-likeness (QED) is 0.240. The van der Waals surface area contributed by atoms with Crippen LogP contribution in [0.2, 0.25) is 5.02 Å². The fourth-order valence-electron chi connectivity index (χ4n) is 3.25. The number of hydrogen-bond donors (Lipinski definition) is 2. The number of carboxylic acids is 1. The van der Waals surface area contributed by atoms with E-state index in [0.717, 1.165) is 22.6 Å². The molecule has 0 saturated carbocycles. The molecule has 158 valence electrons. The van der Waals surface area contributed by atoms with Gasteiger partial charge in [-0.05, 0) is 60.2 Å². The molecule has 0 aromatic heterocycles. The predicted octanol–water partition coefficient (Wildman–Crippen LogP) is 6.95. The Bertz CT molecular complexity index is 1190. The lowest BCUT2D eigenvalue weighted by Crippen LogP contribution is -2.09. The zero-order valence-electron chi connectivity index (χ0n) is 17.0. The van der Waals surface area contributed by atoms with Crippen LogP contribution in [0.15, 0.2) is 108 Å². The van der Waals surface area contributed by atoms with Crippen molar-refractivity contribution in [3.8, 4) is 0 Å². The Balaban J connectivity index is 1.53. The van der Waals surface area contributed by atoms with E-state index < -0.39 is 5.97 Å². The zero-order valence-corrected chi connectivity index (χ0v) is 17.8. The molecule has 2 N–H and O–H groups in total. The third-order valence-corrected chi connectivity index (χ3v) is 5.11. The average Bonchev–Trinajstić information content (AvgIpc) is 2.82. The monoisotopic (exact) mass is 441 g/mol. The molecule has 0 saturated heterocycles. The van der Waals surface area contributed by atoms with Gasteiger partial charge in [0.1, 0.15) is 0 Å². The first kappa shape index (κ1) is 21.2. The van der Waals surface area contributed by atoms with Crippen molar-refractivity contribution < 1.29 is 9.90 Å². The van der Waals surface area contributed by atoms with Crippen LogP contribution < -0.4 is 10.3 Å². The van der Waals surface area contributed by atoms with Gasteiger partial charge in [0.15, 0.2) is 0 Å². The standard InChI is InChI=1S/C26H20ClN3O2/c27-25-16-13-20(17-24(25)26(31)32)29-28-18-19-11-14-23(15-12-19)30(21-7-3-1-4-8-21)22-9-5-2-6-10-22/h1-18,29H,(H,31,32)/b28-18+. The Kier molecular flexibility index (Phi) is 6.49. The molecular formula is C26H20ClN3O2. The number of carbonyl (C=O) groups is 1. The molecule has 0 aliphatic heterocycles. The second-order valence-corrected chi connectivity index (χ2v) is 7.38. The summed E-state index contributed by atoms with van der Waals surface area (Å²) in [6.45, 7) is 0. The van der Waals surface area contributed by atoms with Crippen LogP contribution in [0.3, 0.4) is 0 Å². The van der Waals surface area contributed by atoms with Crippen LogP contribution in [0.4, 0.5) is 22.7 Å². The predicted molar refractivity (Wildman–Crippen MR) is 131 cm³/mol. The summed E-state index contributed by atoms with van der Waals surface area (Å²) in [6, 6.07) is 33.0. The molecule has 0 heterocycles. The highest BCUT2D eigenvalue weighted by Crippen LogP contribution is 2.33. The third-order valence-electron chi connectivity index (χ3n) is 4.78. The third kappa shape index (κ3) is 4.96. The van der Waals surface area contributed by atoms with Gasteiger partial charge in [0.2, 0.25) is 0 Å². The van der Waals surface area contributed by atoms with Crippen molar-refractivity contribution in [2.45, 2.75) is 0 Å². The van der Waals surface area contributed by atoms with E-state index in [2.05, 4.69) is 39.7 Å². The molecule has 0 unspecified atom stereocenters. The molecular weight excluding hydrogens is 422 g/mol. The molecule has 0 fully saturated rings. The maximum Gasteiger partial charge on any atom is 0.337 e. The van der Waals surface area contributed by atoms with Gasteiger partial charge >= 0.3 is 5.97 Å². The van der Waals surface area contributed by atoms with Crippen molar-refractivity contribution >= 4 is 46.5 Å². The SMILES string of the molecule is O=C(O)c1cc(N/N=C/c2ccc(N(c3ccccc3)c3ccccc3)cc2)ccc1Cl. The Hall–Kier alpha value is -4.09. The number of aromatic carboxylic acids is 1. The van der Waals surface area contributed by atoms with E-state index in [1.807, 2.05) is 60.7 Å². The van der Waals surface area contributed by atoms with Crippen LogP contribution in [-0.4, -0.2) is 17.3 Å². The molecule has 4 aromatic carbocycles. The summed E-state index contributed by atoms with van der Waals surface area (Å²) in [6.07, 6.45) is 1.67. The largest absolute Gasteiger partial charge is 0.478 e. The Labute approximate surface area is 191 Å². The van der Waals surface area contributed by atoms with Gasteiger partial charge in [0.25, 0.3) is 0 Å². The summed E-state index contributed by atoms with van der Waals surface area (Å²) in [5.41, 5.74) is 7.47. The van der Waals surface area contributed by atoms with Crippen molar-refractivity contribution in [3.63, 3.8) is 0 Å². The van der Waals surface area contributed by atoms with Crippen molar-refractivity contribution in [2.75, 3.05) is 10.3 Å². The number of hydrogen-bond acceptors (Lipinski definition) is 4. The van der Waals surface area contributed by atoms with Gasteiger partial charge in [-0.15, -0.1) is 0 Å². The smallest absolute Gasteiger partial charge is 0.337 e. The topological polar surface area (TPSA) is 64.9 Å². The second kappa shape index (κ2) is 9.81. The Morgan fingerprint density at radius 3 is 1.94 bits per heavy atom. The molecule has 0 bridgehead atoms. The van der Waals surface area contributed by atoms with Gasteiger partial charge in [-0.1, -0.05) is 60.1 Å². The number of para-hydroxylation sites is 2. The zero-order chi connectivity index (χ0) is 22.3. The summed E-state index contributed by atoms with van der Waals surface area (Å²) in [7, 11) is 0. The van der Waals surface area contributed by atoms with E-state index in [1.165, 1.54) is 12.1 Å². The Morgan fingerprint density at radius 1 is 0.812 bits per heavy atom. The molecule has 32 heavy (non-hydrogen) atoms. The minimum absolute atomic E-state index is 0.0261. The fraction of sp³-hybridized carbons (Fsp3) is 0. The van der Waals surface area contributed by atoms with E-state index in [4.69, 9.17) is 11.6 Å². The van der Waals surface area contributed by atoms with Crippen LogP contribution >= 0.6 is 11.6 Å². The van der Waals surface area contributed by atoms with Gasteiger partial charge in [0, 0.05) is 17.1 Å². The summed E-state index contributed by atoms with van der Waals surface area (Å²) in [4.78, 5) is 13.4. The van der Waals surface area contributed by atoms with E-state index in [-0.39, 0.29) is 10.6 Å². The number of benzene rings is 4. The van der Waals surface area contributed by atoms with Gasteiger partial charge in [-0.2, -0.15) is 5.10 Å². The first-order chi connectivity index (χ1) is 15.6. The van der Waals surface area contributed by atoms with Crippen LogP contribution in [0, 0.1) is 0 Å². The number of nitrogens with zero attached hydrogens (tertiary/aromatic N) is 2. The van der Waals surface area contributed by atoms with Crippen molar-refractivity contribution in [3.05, 3.63) is 119 Å². The molecule has 0 amide bonds. The number of hydrazone groups is 1. The second-order valence-electron chi connectivity index (χ2n) is 6.97. The molecule has 0 spiro atoms. The first-order valence-electron chi connectivity index (χ1n) is 9.94. The van der Waals surface area contributed by atoms with Gasteiger partial charge in [-0.3, -0.25) is 5.43 Å². The Morgan fingerprint density at radius 2 is 1.38 bits per heavy atom. The molecule has 0 atom stereocenters. The highest BCUT2D eigenvalue weighted by atomic mass is 35.5. The molecule has 4 rings (SSSR count). The minimum Gasteiger partial charge on any atom is -0.478 e. The maximum atomic E-state index is 11.2. The normalized spacial score (nSPS) is 10.8. The number of carboxylic acid groups (broad SMARTS) is 1. The lowest BCUT2D eigenvalue weighted by molar-refractivity contribution is 0.0697. The molecule has 0 aliphatic carbocycles. The lowest BCUT2D eigenvalue weighted by Gasteiger charge is -2.25. The van der Waals surface area contributed by atoms with Crippen LogP contribution in [0.1, 0.15) is 15.9 Å². The van der Waals surface area contributed by atoms with Crippen LogP contribution in [0.5, 0.6) is 0 Å². The molecule has 4 aromatic rings. The van der Waals surface area contributed by atoms with Crippen molar-refractivity contribution in [1.82, 2.24) is 0 Å². The van der Waals surface area contributed by atoms with E-state index in [0.29, 0.717) is 5.69 Å². The molecule has 0 aliphatic rings. The van der Waals surface area contributed by atoms with E-state index in [1.54, 1.807) is 12.3 Å². The van der Waals surface area contributed by atoms with Gasteiger partial charge in [-0.25, -0.2) is 4.79 Å². The number of nitrogens with one attached hydrogen (secondary N) is 1. The first-order valence-corrected chi connectivity index (χ1v) is 10.3. The highest BCUT2D eigenvalue weighted by Gasteiger charge is 2.11. The number of anilines is 4. The minimum atomic E-state index is -1.08. The summed E-state index contributed by atoms with van der Waals surface area (Å²) in [5, 5.41) is 13.6. The average molecular weight is 442 g/mol. The van der Waals surface area contributed by atoms with Gasteiger partial charge in [0.05, 0.1) is 22.5 Å². The van der Waals surface area contributed by atoms with Gasteiger partial charge < -0.3 is 10.0 Å². The number of rotatable bonds is 7. The van der Waals surface area contributed by atoms with E-state index >= 15 is 0 Å². The van der Waals surface area contributed by atoms with Crippen molar-refractivity contribution in [2.24, 2.45) is 5.10 Å². The summed E-state index contributed by atoms with van der Waals surface area (Å²) in [5.74, 6) is -1.08. The summed E-state index contributed by atoms with van der Waals surface area (Å²) < 4.78 is 0. The van der Waals surface area contributed by atoms with Crippen LogP contribution in [-0.2, 0) is 0 Å².